The summed E-state index contributed by atoms with van der Waals surface area (Å²) in [7, 11) is 0. The minimum atomic E-state index is 0.784. The van der Waals surface area contributed by atoms with Gasteiger partial charge in [-0.3, -0.25) is 0 Å². The van der Waals surface area contributed by atoms with E-state index in [0.29, 0.717) is 0 Å². The number of hydrogen-bond acceptors (Lipinski definition) is 1. The van der Waals surface area contributed by atoms with E-state index < -0.39 is 0 Å². The highest BCUT2D eigenvalue weighted by atomic mass is 16.3. The van der Waals surface area contributed by atoms with Gasteiger partial charge in [-0.15, -0.1) is 0 Å². The zero-order valence-corrected chi connectivity index (χ0v) is 8.60. The molecular weight excluding hydrogens is 160 g/mol. The maximum atomic E-state index is 5.57. The molecule has 1 aromatic rings. The van der Waals surface area contributed by atoms with Crippen LogP contribution in [0.1, 0.15) is 55.1 Å². The Morgan fingerprint density at radius 2 is 1.85 bits per heavy atom. The zero-order chi connectivity index (χ0) is 9.26. The summed E-state index contributed by atoms with van der Waals surface area (Å²) in [6.07, 6.45) is 6.94. The Labute approximate surface area is 80.1 Å². The fraction of sp³-hybridized carbons (Fsp3) is 0.667. The molecule has 1 nitrogen and oxygen atoms in total. The van der Waals surface area contributed by atoms with Gasteiger partial charge in [0.15, 0.2) is 0 Å². The highest BCUT2D eigenvalue weighted by molar-refractivity contribution is 5.24. The van der Waals surface area contributed by atoms with Gasteiger partial charge in [-0.25, -0.2) is 0 Å². The maximum absolute atomic E-state index is 5.57. The molecule has 13 heavy (non-hydrogen) atoms. The van der Waals surface area contributed by atoms with E-state index >= 15 is 0 Å². The molecule has 0 aromatic carbocycles. The maximum Gasteiger partial charge on any atom is 0.104 e. The van der Waals surface area contributed by atoms with Crippen molar-refractivity contribution in [1.29, 1.82) is 0 Å². The van der Waals surface area contributed by atoms with Crippen LogP contribution in [0, 0.1) is 13.8 Å². The second-order valence-corrected chi connectivity index (χ2v) is 4.20. The SMILES string of the molecule is Cc1cc(C2CCCCC2)c(C)o1. The van der Waals surface area contributed by atoms with Crippen molar-refractivity contribution in [2.75, 3.05) is 0 Å². The Kier molecular flexibility index (Phi) is 2.43. The quantitative estimate of drug-likeness (QED) is 0.634. The van der Waals surface area contributed by atoms with E-state index in [-0.39, 0.29) is 0 Å². The van der Waals surface area contributed by atoms with Gasteiger partial charge in [-0.1, -0.05) is 19.3 Å². The van der Waals surface area contributed by atoms with Crippen molar-refractivity contribution in [2.45, 2.75) is 51.9 Å². The minimum absolute atomic E-state index is 0.784. The molecule has 0 saturated heterocycles. The molecule has 0 radical (unpaired) electrons. The number of rotatable bonds is 1. The third-order valence-electron chi connectivity index (χ3n) is 3.12. The molecule has 0 aliphatic heterocycles. The smallest absolute Gasteiger partial charge is 0.104 e. The minimum Gasteiger partial charge on any atom is -0.466 e. The van der Waals surface area contributed by atoms with Crippen molar-refractivity contribution in [3.63, 3.8) is 0 Å². The fourth-order valence-corrected chi connectivity index (χ4v) is 2.47. The Morgan fingerprint density at radius 1 is 1.15 bits per heavy atom. The monoisotopic (exact) mass is 178 g/mol. The summed E-state index contributed by atoms with van der Waals surface area (Å²) in [5, 5.41) is 0. The summed E-state index contributed by atoms with van der Waals surface area (Å²) >= 11 is 0. The fourth-order valence-electron chi connectivity index (χ4n) is 2.47. The lowest BCUT2D eigenvalue weighted by Crippen LogP contribution is -2.04. The standard InChI is InChI=1S/C12H18O/c1-9-8-12(10(2)13-9)11-6-4-3-5-7-11/h8,11H,3-7H2,1-2H3. The molecule has 1 aliphatic carbocycles. The second-order valence-electron chi connectivity index (χ2n) is 4.20. The molecule has 1 fully saturated rings. The Balaban J connectivity index is 2.18. The summed E-state index contributed by atoms with van der Waals surface area (Å²) < 4.78 is 5.57. The lowest BCUT2D eigenvalue weighted by Gasteiger charge is -2.20. The van der Waals surface area contributed by atoms with Crippen molar-refractivity contribution in [3.05, 3.63) is 23.2 Å². The molecule has 2 rings (SSSR count). The van der Waals surface area contributed by atoms with Crippen LogP contribution in [0.2, 0.25) is 0 Å². The van der Waals surface area contributed by atoms with Gasteiger partial charge >= 0.3 is 0 Å². The van der Waals surface area contributed by atoms with Crippen LogP contribution in [-0.4, -0.2) is 0 Å². The van der Waals surface area contributed by atoms with Crippen molar-refractivity contribution in [1.82, 2.24) is 0 Å². The molecule has 0 atom stereocenters. The average Bonchev–Trinajstić information content (AvgIpc) is 2.47. The lowest BCUT2D eigenvalue weighted by atomic mass is 9.84. The molecular formula is C12H18O. The summed E-state index contributed by atoms with van der Waals surface area (Å²) in [6, 6.07) is 2.23. The van der Waals surface area contributed by atoms with Gasteiger partial charge in [0.2, 0.25) is 0 Å². The molecule has 0 amide bonds. The van der Waals surface area contributed by atoms with E-state index in [1.54, 1.807) is 0 Å². The predicted molar refractivity (Wildman–Crippen MR) is 54.0 cm³/mol. The number of hydrogen-bond donors (Lipinski definition) is 0. The summed E-state index contributed by atoms with van der Waals surface area (Å²) in [4.78, 5) is 0. The Bertz CT molecular complexity index is 279. The number of furan rings is 1. The van der Waals surface area contributed by atoms with Crippen LogP contribution in [-0.2, 0) is 0 Å². The first kappa shape index (κ1) is 8.86. The third kappa shape index (κ3) is 1.79. The van der Waals surface area contributed by atoms with E-state index in [2.05, 4.69) is 13.0 Å². The molecule has 0 unspecified atom stereocenters. The highest BCUT2D eigenvalue weighted by Gasteiger charge is 2.19. The van der Waals surface area contributed by atoms with E-state index in [4.69, 9.17) is 4.42 Å². The summed E-state index contributed by atoms with van der Waals surface area (Å²) in [6.45, 7) is 4.14. The predicted octanol–water partition coefficient (Wildman–Crippen LogP) is 3.94. The molecule has 72 valence electrons. The molecule has 1 saturated carbocycles. The van der Waals surface area contributed by atoms with Crippen LogP contribution in [0.15, 0.2) is 10.5 Å². The van der Waals surface area contributed by atoms with Crippen LogP contribution >= 0.6 is 0 Å². The van der Waals surface area contributed by atoms with Crippen LogP contribution in [0.4, 0.5) is 0 Å². The topological polar surface area (TPSA) is 13.1 Å². The first-order valence-corrected chi connectivity index (χ1v) is 5.34. The Hall–Kier alpha value is -0.720. The molecule has 1 aliphatic rings. The normalized spacial score (nSPS) is 19.2. The van der Waals surface area contributed by atoms with E-state index in [9.17, 15) is 0 Å². The van der Waals surface area contributed by atoms with Gasteiger partial charge < -0.3 is 4.42 Å². The molecule has 0 spiro atoms. The molecule has 0 bridgehead atoms. The van der Waals surface area contributed by atoms with Gasteiger partial charge in [0.25, 0.3) is 0 Å². The molecule has 1 heterocycles. The van der Waals surface area contributed by atoms with Crippen LogP contribution in [0.3, 0.4) is 0 Å². The van der Waals surface area contributed by atoms with Crippen molar-refractivity contribution in [3.8, 4) is 0 Å². The number of aryl methyl sites for hydroxylation is 2. The summed E-state index contributed by atoms with van der Waals surface area (Å²) in [5.74, 6) is 2.99. The van der Waals surface area contributed by atoms with Crippen LogP contribution < -0.4 is 0 Å². The van der Waals surface area contributed by atoms with E-state index in [0.717, 1.165) is 17.4 Å². The first-order valence-electron chi connectivity index (χ1n) is 5.34. The van der Waals surface area contributed by atoms with Crippen molar-refractivity contribution >= 4 is 0 Å². The second kappa shape index (κ2) is 3.57. The average molecular weight is 178 g/mol. The Morgan fingerprint density at radius 3 is 2.38 bits per heavy atom. The van der Waals surface area contributed by atoms with Crippen molar-refractivity contribution < 1.29 is 4.42 Å². The van der Waals surface area contributed by atoms with E-state index in [1.807, 2.05) is 6.92 Å². The largest absolute Gasteiger partial charge is 0.466 e. The lowest BCUT2D eigenvalue weighted by molar-refractivity contribution is 0.432. The zero-order valence-electron chi connectivity index (χ0n) is 8.60. The highest BCUT2D eigenvalue weighted by Crippen LogP contribution is 2.35. The van der Waals surface area contributed by atoms with Crippen LogP contribution in [0.5, 0.6) is 0 Å². The van der Waals surface area contributed by atoms with Crippen LogP contribution in [0.25, 0.3) is 0 Å². The van der Waals surface area contributed by atoms with Gasteiger partial charge in [0.1, 0.15) is 11.5 Å². The summed E-state index contributed by atoms with van der Waals surface area (Å²) in [5.41, 5.74) is 1.47. The van der Waals surface area contributed by atoms with Gasteiger partial charge in [0, 0.05) is 0 Å². The van der Waals surface area contributed by atoms with Gasteiger partial charge in [-0.05, 0) is 44.2 Å². The van der Waals surface area contributed by atoms with Gasteiger partial charge in [0.05, 0.1) is 0 Å². The van der Waals surface area contributed by atoms with Gasteiger partial charge in [-0.2, -0.15) is 0 Å². The van der Waals surface area contributed by atoms with Crippen molar-refractivity contribution in [2.24, 2.45) is 0 Å². The molecule has 1 aromatic heterocycles. The first-order chi connectivity index (χ1) is 6.27. The molecule has 0 N–H and O–H groups in total. The third-order valence-corrected chi connectivity index (χ3v) is 3.12. The van der Waals surface area contributed by atoms with E-state index in [1.165, 1.54) is 37.7 Å². The molecule has 1 heteroatoms.